The van der Waals surface area contributed by atoms with Gasteiger partial charge >= 0.3 is 6.18 Å². The lowest BCUT2D eigenvalue weighted by molar-refractivity contribution is -0.163. The Balaban J connectivity index is 4.46. The highest BCUT2D eigenvalue weighted by Crippen LogP contribution is 2.19. The molecular formula is C10H17BrF3NO. The number of alkyl halides is 4. The molecular weight excluding hydrogens is 287 g/mol. The Morgan fingerprint density at radius 1 is 1.44 bits per heavy atom. The van der Waals surface area contributed by atoms with Gasteiger partial charge in [-0.1, -0.05) is 36.2 Å². The molecule has 0 N–H and O–H groups in total. The maximum atomic E-state index is 12.2. The van der Waals surface area contributed by atoms with Crippen LogP contribution in [-0.2, 0) is 4.79 Å². The molecule has 1 atom stereocenters. The minimum absolute atomic E-state index is 0.0897. The van der Waals surface area contributed by atoms with Crippen LogP contribution in [0.25, 0.3) is 0 Å². The van der Waals surface area contributed by atoms with E-state index in [9.17, 15) is 18.0 Å². The number of hydrogen-bond acceptors (Lipinski definition) is 1. The fourth-order valence-electron chi connectivity index (χ4n) is 1.45. The number of halogens is 4. The van der Waals surface area contributed by atoms with Gasteiger partial charge in [0.1, 0.15) is 6.54 Å². The summed E-state index contributed by atoms with van der Waals surface area (Å²) in [5.41, 5.74) is 0. The molecule has 0 aromatic rings. The molecule has 0 aliphatic rings. The maximum Gasteiger partial charge on any atom is 0.406 e. The zero-order valence-electron chi connectivity index (χ0n) is 9.48. The summed E-state index contributed by atoms with van der Waals surface area (Å²) in [5.74, 6) is -0.759. The van der Waals surface area contributed by atoms with Gasteiger partial charge in [-0.25, -0.2) is 0 Å². The normalized spacial score (nSPS) is 13.6. The molecule has 0 saturated carbocycles. The van der Waals surface area contributed by atoms with E-state index in [4.69, 9.17) is 0 Å². The molecule has 96 valence electrons. The SMILES string of the molecule is CCCC(C)C(=O)N(CCBr)CC(F)(F)F. The first-order valence-electron chi connectivity index (χ1n) is 5.23. The van der Waals surface area contributed by atoms with E-state index in [1.54, 1.807) is 6.92 Å². The molecule has 1 amide bonds. The topological polar surface area (TPSA) is 20.3 Å². The fraction of sp³-hybridized carbons (Fsp3) is 0.900. The number of amides is 1. The molecule has 0 bridgehead atoms. The summed E-state index contributed by atoms with van der Waals surface area (Å²) < 4.78 is 36.7. The van der Waals surface area contributed by atoms with Crippen LogP contribution in [0.4, 0.5) is 13.2 Å². The second-order valence-corrected chi connectivity index (χ2v) is 4.55. The van der Waals surface area contributed by atoms with Gasteiger partial charge in [-0.2, -0.15) is 13.2 Å². The Labute approximate surface area is 102 Å². The third-order valence-electron chi connectivity index (χ3n) is 2.18. The van der Waals surface area contributed by atoms with E-state index in [1.807, 2.05) is 6.92 Å². The third kappa shape index (κ3) is 6.35. The average molecular weight is 304 g/mol. The minimum atomic E-state index is -4.33. The number of hydrogen-bond donors (Lipinski definition) is 0. The monoisotopic (exact) mass is 303 g/mol. The van der Waals surface area contributed by atoms with Gasteiger partial charge in [0.25, 0.3) is 0 Å². The van der Waals surface area contributed by atoms with Crippen molar-refractivity contribution in [1.29, 1.82) is 0 Å². The molecule has 16 heavy (non-hydrogen) atoms. The molecule has 0 aliphatic heterocycles. The van der Waals surface area contributed by atoms with Crippen molar-refractivity contribution in [3.8, 4) is 0 Å². The largest absolute Gasteiger partial charge is 0.406 e. The zero-order valence-corrected chi connectivity index (χ0v) is 11.1. The molecule has 0 rings (SSSR count). The summed E-state index contributed by atoms with van der Waals surface area (Å²) in [6.07, 6.45) is -2.92. The molecule has 6 heteroatoms. The molecule has 0 aliphatic carbocycles. The highest BCUT2D eigenvalue weighted by molar-refractivity contribution is 9.09. The lowest BCUT2D eigenvalue weighted by atomic mass is 10.0. The summed E-state index contributed by atoms with van der Waals surface area (Å²) in [6, 6.07) is 0. The van der Waals surface area contributed by atoms with Crippen LogP contribution in [0.5, 0.6) is 0 Å². The summed E-state index contributed by atoms with van der Waals surface area (Å²) in [4.78, 5) is 12.6. The lowest BCUT2D eigenvalue weighted by Gasteiger charge is -2.26. The van der Waals surface area contributed by atoms with Crippen LogP contribution in [-0.4, -0.2) is 35.4 Å². The molecule has 0 saturated heterocycles. The Hall–Kier alpha value is -0.260. The van der Waals surface area contributed by atoms with E-state index in [0.29, 0.717) is 11.8 Å². The summed E-state index contributed by atoms with van der Waals surface area (Å²) in [6.45, 7) is 2.50. The first-order valence-corrected chi connectivity index (χ1v) is 6.35. The second kappa shape index (κ2) is 7.14. The first kappa shape index (κ1) is 15.7. The van der Waals surface area contributed by atoms with Crippen molar-refractivity contribution in [1.82, 2.24) is 4.90 Å². The van der Waals surface area contributed by atoms with Crippen LogP contribution < -0.4 is 0 Å². The van der Waals surface area contributed by atoms with Gasteiger partial charge in [0.05, 0.1) is 0 Å². The summed E-state index contributed by atoms with van der Waals surface area (Å²) >= 11 is 3.05. The van der Waals surface area contributed by atoms with Gasteiger partial charge in [-0.3, -0.25) is 4.79 Å². The Bertz CT molecular complexity index is 221. The van der Waals surface area contributed by atoms with Gasteiger partial charge in [-0.15, -0.1) is 0 Å². The van der Waals surface area contributed by atoms with Crippen molar-refractivity contribution in [2.75, 3.05) is 18.4 Å². The predicted octanol–water partition coefficient (Wildman–Crippen LogP) is 3.21. The second-order valence-electron chi connectivity index (χ2n) is 3.75. The van der Waals surface area contributed by atoms with Crippen molar-refractivity contribution in [3.05, 3.63) is 0 Å². The minimum Gasteiger partial charge on any atom is -0.333 e. The maximum absolute atomic E-state index is 12.2. The highest BCUT2D eigenvalue weighted by Gasteiger charge is 2.33. The van der Waals surface area contributed by atoms with E-state index in [0.717, 1.165) is 11.3 Å². The molecule has 1 unspecified atom stereocenters. The van der Waals surface area contributed by atoms with Crippen molar-refractivity contribution in [2.45, 2.75) is 32.9 Å². The zero-order chi connectivity index (χ0) is 12.8. The van der Waals surface area contributed by atoms with Crippen LogP contribution in [0, 0.1) is 5.92 Å². The number of carbonyl (C=O) groups excluding carboxylic acids is 1. The van der Waals surface area contributed by atoms with Crippen LogP contribution in [0.15, 0.2) is 0 Å². The van der Waals surface area contributed by atoms with Gasteiger partial charge in [0.15, 0.2) is 0 Å². The average Bonchev–Trinajstić information content (AvgIpc) is 2.14. The van der Waals surface area contributed by atoms with E-state index in [2.05, 4.69) is 15.9 Å². The standard InChI is InChI=1S/C10H17BrF3NO/c1-3-4-8(2)9(16)15(6-5-11)7-10(12,13)14/h8H,3-7H2,1-2H3. The van der Waals surface area contributed by atoms with Gasteiger partial charge in [0.2, 0.25) is 5.91 Å². The Kier molecular flexibility index (Phi) is 7.03. The highest BCUT2D eigenvalue weighted by atomic mass is 79.9. The molecule has 0 fully saturated rings. The number of nitrogens with zero attached hydrogens (tertiary/aromatic N) is 1. The lowest BCUT2D eigenvalue weighted by Crippen LogP contribution is -2.42. The predicted molar refractivity (Wildman–Crippen MR) is 60.5 cm³/mol. The van der Waals surface area contributed by atoms with Crippen LogP contribution >= 0.6 is 15.9 Å². The van der Waals surface area contributed by atoms with Crippen LogP contribution in [0.1, 0.15) is 26.7 Å². The first-order chi connectivity index (χ1) is 7.31. The van der Waals surface area contributed by atoms with Gasteiger partial charge < -0.3 is 4.90 Å². The molecule has 0 spiro atoms. The third-order valence-corrected chi connectivity index (χ3v) is 2.53. The molecule has 0 aromatic carbocycles. The quantitative estimate of drug-likeness (QED) is 0.690. The smallest absolute Gasteiger partial charge is 0.333 e. The van der Waals surface area contributed by atoms with E-state index in [-0.39, 0.29) is 12.5 Å². The molecule has 0 heterocycles. The summed E-state index contributed by atoms with van der Waals surface area (Å²) in [5, 5.41) is 0.355. The van der Waals surface area contributed by atoms with Crippen LogP contribution in [0.3, 0.4) is 0 Å². The molecule has 0 radical (unpaired) electrons. The Morgan fingerprint density at radius 2 is 2.00 bits per heavy atom. The van der Waals surface area contributed by atoms with E-state index >= 15 is 0 Å². The summed E-state index contributed by atoms with van der Waals surface area (Å²) in [7, 11) is 0. The number of carbonyl (C=O) groups is 1. The van der Waals surface area contributed by atoms with Crippen molar-refractivity contribution < 1.29 is 18.0 Å². The van der Waals surface area contributed by atoms with Crippen molar-refractivity contribution in [2.24, 2.45) is 5.92 Å². The van der Waals surface area contributed by atoms with Crippen molar-refractivity contribution >= 4 is 21.8 Å². The van der Waals surface area contributed by atoms with Crippen LogP contribution in [0.2, 0.25) is 0 Å². The Morgan fingerprint density at radius 3 is 2.38 bits per heavy atom. The fourth-order valence-corrected chi connectivity index (χ4v) is 1.88. The van der Waals surface area contributed by atoms with E-state index < -0.39 is 18.6 Å². The van der Waals surface area contributed by atoms with Crippen molar-refractivity contribution in [3.63, 3.8) is 0 Å². The van der Waals surface area contributed by atoms with E-state index in [1.165, 1.54) is 0 Å². The van der Waals surface area contributed by atoms with Gasteiger partial charge in [-0.05, 0) is 6.42 Å². The number of rotatable bonds is 6. The molecule has 0 aromatic heterocycles. The molecule has 2 nitrogen and oxygen atoms in total. The van der Waals surface area contributed by atoms with Gasteiger partial charge in [0, 0.05) is 17.8 Å².